The Balaban J connectivity index is 1.31. The van der Waals surface area contributed by atoms with Gasteiger partial charge in [0.1, 0.15) is 4.91 Å². The van der Waals surface area contributed by atoms with E-state index in [2.05, 4.69) is 18.4 Å². The highest BCUT2D eigenvalue weighted by molar-refractivity contribution is 8.19. The Bertz CT molecular complexity index is 994. The van der Waals surface area contributed by atoms with Gasteiger partial charge in [0.05, 0.1) is 10.7 Å². The van der Waals surface area contributed by atoms with Gasteiger partial charge in [-0.15, -0.1) is 6.58 Å². The zero-order valence-electron chi connectivity index (χ0n) is 24.2. The summed E-state index contributed by atoms with van der Waals surface area (Å²) < 4.78 is 0. The van der Waals surface area contributed by atoms with E-state index >= 15 is 0 Å². The molecular weight excluding hydrogens is 542 g/mol. The maximum Gasteiger partial charge on any atom is 0.269 e. The van der Waals surface area contributed by atoms with Crippen LogP contribution in [-0.4, -0.2) is 36.1 Å². The molecule has 216 valence electrons. The Morgan fingerprint density at radius 3 is 2.00 bits per heavy atom. The fourth-order valence-electron chi connectivity index (χ4n) is 5.10. The highest BCUT2D eigenvalue weighted by Crippen LogP contribution is 2.50. The average molecular weight is 590 g/mol. The summed E-state index contributed by atoms with van der Waals surface area (Å²) >= 11 is 9.33. The molecule has 4 nitrogen and oxygen atoms in total. The van der Waals surface area contributed by atoms with E-state index in [0.717, 1.165) is 38.7 Å². The summed E-state index contributed by atoms with van der Waals surface area (Å²) in [5.74, 6) is 0.0128. The molecule has 2 aliphatic heterocycles. The number of thioether (sulfide) groups is 2. The summed E-state index contributed by atoms with van der Waals surface area (Å²) in [6.45, 7) is 7.38. The minimum atomic E-state index is 0.0128. The minimum Gasteiger partial charge on any atom is -0.337 e. The third-order valence-corrected chi connectivity index (χ3v) is 10.1. The van der Waals surface area contributed by atoms with Gasteiger partial charge in [-0.1, -0.05) is 133 Å². The van der Waals surface area contributed by atoms with Gasteiger partial charge in [0.2, 0.25) is 0 Å². The molecule has 0 N–H and O–H groups in total. The lowest BCUT2D eigenvalue weighted by atomic mass is 10.0. The average Bonchev–Trinajstić information content (AvgIpc) is 3.41. The predicted molar refractivity (Wildman–Crippen MR) is 174 cm³/mol. The fraction of sp³-hybridized carbons (Fsp3) is 0.625. The second-order valence-electron chi connectivity index (χ2n) is 10.7. The molecule has 7 heteroatoms. The number of amidine groups is 1. The Kier molecular flexibility index (Phi) is 15.0. The van der Waals surface area contributed by atoms with Gasteiger partial charge in [0.25, 0.3) is 5.91 Å². The maximum absolute atomic E-state index is 13.3. The second-order valence-corrected chi connectivity index (χ2v) is 13.1. The van der Waals surface area contributed by atoms with Gasteiger partial charge < -0.3 is 4.90 Å². The van der Waals surface area contributed by atoms with Gasteiger partial charge in [-0.25, -0.2) is 0 Å². The van der Waals surface area contributed by atoms with E-state index in [9.17, 15) is 4.79 Å². The van der Waals surface area contributed by atoms with E-state index in [0.29, 0.717) is 11.6 Å². The first-order valence-corrected chi connectivity index (χ1v) is 17.2. The molecule has 39 heavy (non-hydrogen) atoms. The summed E-state index contributed by atoms with van der Waals surface area (Å²) in [4.78, 5) is 23.8. The SMILES string of the molecule is C=CCN1C(=O)C(=C2Sc3ccc(Cl)cc3N2C)SC1=NCCCCCCCCCCCCCCCCCC. The Morgan fingerprint density at radius 1 is 0.872 bits per heavy atom. The quantitative estimate of drug-likeness (QED) is 0.0913. The van der Waals surface area contributed by atoms with Crippen molar-refractivity contribution in [2.75, 3.05) is 25.0 Å². The Morgan fingerprint density at radius 2 is 1.44 bits per heavy atom. The first-order chi connectivity index (χ1) is 19.1. The van der Waals surface area contributed by atoms with Crippen LogP contribution in [0.5, 0.6) is 0 Å². The number of unbranched alkanes of at least 4 members (excludes halogenated alkanes) is 15. The van der Waals surface area contributed by atoms with E-state index in [1.807, 2.05) is 25.2 Å². The van der Waals surface area contributed by atoms with E-state index < -0.39 is 0 Å². The standard InChI is InChI=1S/C32H48ClN3OS2/c1-4-6-7-8-9-10-11-12-13-14-15-16-17-18-19-20-23-34-32-36(24-5-2)30(37)29(39-32)31-35(3)27-25-26(33)21-22-28(27)38-31/h5,21-22,25H,2,4,6-20,23-24H2,1,3H3. The zero-order chi connectivity index (χ0) is 27.9. The van der Waals surface area contributed by atoms with E-state index in [4.69, 9.17) is 16.6 Å². The fourth-order valence-corrected chi connectivity index (χ4v) is 7.60. The molecule has 1 saturated heterocycles. The van der Waals surface area contributed by atoms with Crippen molar-refractivity contribution in [3.05, 3.63) is 45.8 Å². The number of fused-ring (bicyclic) bond motifs is 1. The number of aliphatic imine (C=N–C) groups is 1. The topological polar surface area (TPSA) is 35.9 Å². The summed E-state index contributed by atoms with van der Waals surface area (Å²) in [6.07, 6.45) is 23.6. The van der Waals surface area contributed by atoms with Crippen LogP contribution in [0.25, 0.3) is 0 Å². The van der Waals surface area contributed by atoms with Crippen LogP contribution >= 0.6 is 35.1 Å². The van der Waals surface area contributed by atoms with Gasteiger partial charge in [-0.3, -0.25) is 14.7 Å². The van der Waals surface area contributed by atoms with Crippen molar-refractivity contribution in [2.24, 2.45) is 4.99 Å². The van der Waals surface area contributed by atoms with Gasteiger partial charge in [0.15, 0.2) is 5.17 Å². The molecule has 2 aliphatic rings. The van der Waals surface area contributed by atoms with Crippen molar-refractivity contribution in [2.45, 2.75) is 115 Å². The summed E-state index contributed by atoms with van der Waals surface area (Å²) in [6, 6.07) is 5.87. The van der Waals surface area contributed by atoms with Crippen molar-refractivity contribution >= 4 is 51.9 Å². The molecule has 0 radical (unpaired) electrons. The number of rotatable bonds is 19. The molecule has 1 fully saturated rings. The lowest BCUT2D eigenvalue weighted by Gasteiger charge is -2.15. The maximum atomic E-state index is 13.3. The number of carbonyl (C=O) groups excluding carboxylic acids is 1. The highest BCUT2D eigenvalue weighted by atomic mass is 35.5. The molecule has 0 atom stereocenters. The molecule has 0 unspecified atom stereocenters. The zero-order valence-corrected chi connectivity index (χ0v) is 26.6. The van der Waals surface area contributed by atoms with Crippen LogP contribution in [0.4, 0.5) is 5.69 Å². The Hall–Kier alpha value is -1.37. The van der Waals surface area contributed by atoms with Crippen LogP contribution in [0, 0.1) is 0 Å². The number of amides is 1. The lowest BCUT2D eigenvalue weighted by molar-refractivity contribution is -0.121. The summed E-state index contributed by atoms with van der Waals surface area (Å²) in [7, 11) is 1.99. The van der Waals surface area contributed by atoms with E-state index in [-0.39, 0.29) is 5.91 Å². The molecule has 0 aliphatic carbocycles. The van der Waals surface area contributed by atoms with Crippen LogP contribution < -0.4 is 4.90 Å². The number of hydrogen-bond donors (Lipinski definition) is 0. The van der Waals surface area contributed by atoms with Gasteiger partial charge in [0, 0.05) is 30.1 Å². The summed E-state index contributed by atoms with van der Waals surface area (Å²) in [5.41, 5.74) is 1.04. The molecule has 2 heterocycles. The van der Waals surface area contributed by atoms with Crippen molar-refractivity contribution < 1.29 is 4.79 Å². The molecule has 0 saturated carbocycles. The smallest absolute Gasteiger partial charge is 0.269 e. The van der Waals surface area contributed by atoms with Crippen molar-refractivity contribution in [1.82, 2.24) is 4.90 Å². The summed E-state index contributed by atoms with van der Waals surface area (Å²) in [5, 5.41) is 2.45. The van der Waals surface area contributed by atoms with E-state index in [1.54, 1.807) is 22.7 Å². The number of halogens is 1. The highest BCUT2D eigenvalue weighted by Gasteiger charge is 2.38. The number of nitrogens with zero attached hydrogens (tertiary/aromatic N) is 3. The third kappa shape index (κ3) is 10.2. The molecule has 3 rings (SSSR count). The molecule has 0 aromatic heterocycles. The van der Waals surface area contributed by atoms with Crippen LogP contribution in [-0.2, 0) is 4.79 Å². The van der Waals surface area contributed by atoms with Crippen LogP contribution in [0.2, 0.25) is 5.02 Å². The molecule has 0 bridgehead atoms. The third-order valence-electron chi connectivity index (χ3n) is 7.42. The van der Waals surface area contributed by atoms with Crippen LogP contribution in [0.3, 0.4) is 0 Å². The predicted octanol–water partition coefficient (Wildman–Crippen LogP) is 10.4. The van der Waals surface area contributed by atoms with Gasteiger partial charge in [-0.05, 0) is 36.4 Å². The normalized spacial score (nSPS) is 18.0. The molecular formula is C32H48ClN3OS2. The number of anilines is 1. The van der Waals surface area contributed by atoms with Crippen LogP contribution in [0.1, 0.15) is 110 Å². The monoisotopic (exact) mass is 589 g/mol. The number of carbonyl (C=O) groups is 1. The van der Waals surface area contributed by atoms with Crippen LogP contribution in [0.15, 0.2) is 50.7 Å². The van der Waals surface area contributed by atoms with Crippen molar-refractivity contribution in [3.8, 4) is 0 Å². The Labute approximate surface area is 251 Å². The van der Waals surface area contributed by atoms with Gasteiger partial charge in [-0.2, -0.15) is 0 Å². The number of hydrogen-bond acceptors (Lipinski definition) is 5. The first-order valence-electron chi connectivity index (χ1n) is 15.2. The van der Waals surface area contributed by atoms with E-state index in [1.165, 1.54) is 108 Å². The van der Waals surface area contributed by atoms with Crippen molar-refractivity contribution in [3.63, 3.8) is 0 Å². The minimum absolute atomic E-state index is 0.0128. The first kappa shape index (κ1) is 32.1. The van der Waals surface area contributed by atoms with Gasteiger partial charge >= 0.3 is 0 Å². The van der Waals surface area contributed by atoms with Crippen molar-refractivity contribution in [1.29, 1.82) is 0 Å². The molecule has 1 aromatic carbocycles. The molecule has 0 spiro atoms. The lowest BCUT2D eigenvalue weighted by Crippen LogP contribution is -2.30. The number of benzene rings is 1. The second kappa shape index (κ2) is 18.1. The largest absolute Gasteiger partial charge is 0.337 e. The molecule has 1 aromatic rings. The molecule has 1 amide bonds.